The Morgan fingerprint density at radius 1 is 0.384 bits per heavy atom. The Balaban J connectivity index is 3.41. The predicted molar refractivity (Wildman–Crippen MR) is 320 cm³/mol. The van der Waals surface area contributed by atoms with E-state index >= 15 is 0 Å². The van der Waals surface area contributed by atoms with Gasteiger partial charge in [0.15, 0.2) is 0 Å². The third-order valence-electron chi connectivity index (χ3n) is 15.5. The Morgan fingerprint density at radius 3 is 1.08 bits per heavy atom. The number of carbonyl (C=O) groups is 2. The molecule has 0 aliphatic heterocycles. The fraction of sp³-hybridized carbons (Fsp3) is 0.910. The minimum Gasteiger partial charge on any atom is -0.466 e. The lowest BCUT2D eigenvalue weighted by atomic mass is 10.0. The van der Waals surface area contributed by atoms with Crippen LogP contribution in [0.15, 0.2) is 24.3 Å². The van der Waals surface area contributed by atoms with Crippen LogP contribution in [0.2, 0.25) is 0 Å². The highest BCUT2D eigenvalue weighted by Crippen LogP contribution is 2.19. The molecule has 73 heavy (non-hydrogen) atoms. The van der Waals surface area contributed by atoms with Crippen molar-refractivity contribution in [2.45, 2.75) is 379 Å². The minimum atomic E-state index is -0.669. The van der Waals surface area contributed by atoms with Gasteiger partial charge in [0.25, 0.3) is 0 Å². The van der Waals surface area contributed by atoms with Gasteiger partial charge in [-0.2, -0.15) is 0 Å². The van der Waals surface area contributed by atoms with Gasteiger partial charge in [0.05, 0.1) is 25.4 Å². The first-order valence-corrected chi connectivity index (χ1v) is 33.1. The van der Waals surface area contributed by atoms with Crippen LogP contribution >= 0.6 is 0 Å². The third kappa shape index (κ3) is 59.4. The summed E-state index contributed by atoms with van der Waals surface area (Å²) in [6.07, 6.45) is 77.7. The Morgan fingerprint density at radius 2 is 0.699 bits per heavy atom. The first-order chi connectivity index (χ1) is 36.0. The van der Waals surface area contributed by atoms with Gasteiger partial charge in [-0.3, -0.25) is 9.59 Å². The van der Waals surface area contributed by atoms with Crippen molar-refractivity contribution in [3.05, 3.63) is 24.3 Å². The van der Waals surface area contributed by atoms with Crippen LogP contribution in [0, 0.1) is 0 Å². The predicted octanol–water partition coefficient (Wildman–Crippen LogP) is 21.0. The fourth-order valence-corrected chi connectivity index (χ4v) is 10.4. The number of hydrogen-bond donors (Lipinski definition) is 3. The van der Waals surface area contributed by atoms with Gasteiger partial charge in [0.1, 0.15) is 0 Å². The molecule has 0 saturated heterocycles. The molecule has 432 valence electrons. The number of esters is 1. The second-order valence-electron chi connectivity index (χ2n) is 22.8. The molecule has 0 saturated carbocycles. The Kier molecular flexibility index (Phi) is 61.4. The standard InChI is InChI=1S/C67H129NO5/c1-3-5-7-9-11-13-15-17-19-20-21-22-23-24-25-26-29-32-35-39-43-47-51-55-59-65(70)64(63-69)68-66(71)60-56-52-48-44-40-36-33-30-27-28-31-34-38-42-46-50-54-58-62-73-67(72)61-57-53-49-45-41-37-18-16-14-12-10-8-6-4-2/h10,12,16,18,64-65,69-70H,3-9,11,13-15,17,19-63H2,1-2H3,(H,68,71)/b12-10-,18-16-. The van der Waals surface area contributed by atoms with E-state index in [9.17, 15) is 19.8 Å². The van der Waals surface area contributed by atoms with Gasteiger partial charge in [-0.15, -0.1) is 0 Å². The summed E-state index contributed by atoms with van der Waals surface area (Å²) in [6, 6.07) is -0.546. The highest BCUT2D eigenvalue weighted by atomic mass is 16.5. The molecule has 2 atom stereocenters. The minimum absolute atomic E-state index is 0.00634. The molecule has 0 spiro atoms. The zero-order chi connectivity index (χ0) is 52.9. The highest BCUT2D eigenvalue weighted by Gasteiger charge is 2.20. The van der Waals surface area contributed by atoms with Crippen molar-refractivity contribution in [2.24, 2.45) is 0 Å². The van der Waals surface area contributed by atoms with Crippen LogP contribution in [0.1, 0.15) is 367 Å². The SMILES string of the molecule is CCCC/C=C\C/C=C\CCCCCCCC(=O)OCCCCCCCCCCCCCCCCCCCCC(=O)NC(CO)C(O)CCCCCCCCCCCCCCCCCCCCCCCCCC. The maximum absolute atomic E-state index is 12.5. The number of aliphatic hydroxyl groups excluding tert-OH is 2. The van der Waals surface area contributed by atoms with E-state index in [0.717, 1.165) is 51.4 Å². The van der Waals surface area contributed by atoms with Gasteiger partial charge in [-0.1, -0.05) is 327 Å². The molecule has 0 heterocycles. The second kappa shape index (κ2) is 62.9. The Labute approximate surface area is 456 Å². The molecule has 2 unspecified atom stereocenters. The topological polar surface area (TPSA) is 95.9 Å². The largest absolute Gasteiger partial charge is 0.466 e. The summed E-state index contributed by atoms with van der Waals surface area (Å²) in [4.78, 5) is 24.6. The van der Waals surface area contributed by atoms with Gasteiger partial charge >= 0.3 is 5.97 Å². The Bertz CT molecular complexity index is 1140. The lowest BCUT2D eigenvalue weighted by molar-refractivity contribution is -0.143. The maximum atomic E-state index is 12.5. The average molecular weight is 1030 g/mol. The van der Waals surface area contributed by atoms with Crippen LogP contribution in [0.5, 0.6) is 0 Å². The summed E-state index contributed by atoms with van der Waals surface area (Å²) in [5, 5.41) is 23.4. The number of aliphatic hydroxyl groups is 2. The summed E-state index contributed by atoms with van der Waals surface area (Å²) in [5.74, 6) is -0.0415. The fourth-order valence-electron chi connectivity index (χ4n) is 10.4. The molecule has 0 aliphatic carbocycles. The number of nitrogens with one attached hydrogen (secondary N) is 1. The molecule has 0 radical (unpaired) electrons. The lowest BCUT2D eigenvalue weighted by Gasteiger charge is -2.22. The monoisotopic (exact) mass is 1030 g/mol. The molecule has 1 amide bonds. The molecular formula is C67H129NO5. The summed E-state index contributed by atoms with van der Waals surface area (Å²) < 4.78 is 5.47. The highest BCUT2D eigenvalue weighted by molar-refractivity contribution is 5.76. The maximum Gasteiger partial charge on any atom is 0.305 e. The first kappa shape index (κ1) is 71.3. The van der Waals surface area contributed by atoms with Gasteiger partial charge < -0.3 is 20.3 Å². The number of hydrogen-bond acceptors (Lipinski definition) is 5. The average Bonchev–Trinajstić information content (AvgIpc) is 3.39. The molecular weight excluding hydrogens is 899 g/mol. The summed E-state index contributed by atoms with van der Waals surface area (Å²) in [5.41, 5.74) is 0. The molecule has 6 nitrogen and oxygen atoms in total. The normalized spacial score (nSPS) is 12.7. The summed E-state index contributed by atoms with van der Waals surface area (Å²) in [6.45, 7) is 4.93. The van der Waals surface area contributed by atoms with Gasteiger partial charge in [-0.05, 0) is 51.4 Å². The molecule has 6 heteroatoms. The van der Waals surface area contributed by atoms with E-state index in [0.29, 0.717) is 25.9 Å². The molecule has 0 fully saturated rings. The van der Waals surface area contributed by atoms with Gasteiger partial charge in [0.2, 0.25) is 5.91 Å². The number of carbonyl (C=O) groups excluding carboxylic acids is 2. The van der Waals surface area contributed by atoms with E-state index in [1.165, 1.54) is 283 Å². The number of amides is 1. The van der Waals surface area contributed by atoms with Gasteiger partial charge in [0, 0.05) is 12.8 Å². The van der Waals surface area contributed by atoms with E-state index in [4.69, 9.17) is 4.74 Å². The van der Waals surface area contributed by atoms with E-state index in [-0.39, 0.29) is 18.5 Å². The van der Waals surface area contributed by atoms with Crippen LogP contribution in [-0.4, -0.2) is 47.4 Å². The molecule has 3 N–H and O–H groups in total. The van der Waals surface area contributed by atoms with Crippen LogP contribution in [0.3, 0.4) is 0 Å². The van der Waals surface area contributed by atoms with Crippen molar-refractivity contribution in [3.63, 3.8) is 0 Å². The van der Waals surface area contributed by atoms with Gasteiger partial charge in [-0.25, -0.2) is 0 Å². The lowest BCUT2D eigenvalue weighted by Crippen LogP contribution is -2.45. The molecule has 0 aromatic heterocycles. The van der Waals surface area contributed by atoms with Crippen LogP contribution in [0.25, 0.3) is 0 Å². The van der Waals surface area contributed by atoms with Crippen LogP contribution in [-0.2, 0) is 14.3 Å². The third-order valence-corrected chi connectivity index (χ3v) is 15.5. The number of allylic oxidation sites excluding steroid dienone is 4. The Hall–Kier alpha value is -1.66. The molecule has 0 aromatic carbocycles. The quantitative estimate of drug-likeness (QED) is 0.0320. The number of rotatable bonds is 62. The molecule has 0 rings (SSSR count). The first-order valence-electron chi connectivity index (χ1n) is 33.1. The summed E-state index contributed by atoms with van der Waals surface area (Å²) in [7, 11) is 0. The van der Waals surface area contributed by atoms with Crippen molar-refractivity contribution in [3.8, 4) is 0 Å². The van der Waals surface area contributed by atoms with E-state index < -0.39 is 12.1 Å². The van der Waals surface area contributed by atoms with Crippen molar-refractivity contribution in [1.82, 2.24) is 5.32 Å². The zero-order valence-corrected chi connectivity index (χ0v) is 49.4. The molecule has 0 bridgehead atoms. The zero-order valence-electron chi connectivity index (χ0n) is 49.4. The number of unbranched alkanes of at least 4 members (excludes halogenated alkanes) is 47. The van der Waals surface area contributed by atoms with Crippen LogP contribution < -0.4 is 5.32 Å². The smallest absolute Gasteiger partial charge is 0.305 e. The van der Waals surface area contributed by atoms with E-state index in [1.54, 1.807) is 0 Å². The summed E-state index contributed by atoms with van der Waals surface area (Å²) >= 11 is 0. The van der Waals surface area contributed by atoms with Crippen molar-refractivity contribution < 1.29 is 24.5 Å². The molecule has 0 aromatic rings. The van der Waals surface area contributed by atoms with Crippen molar-refractivity contribution >= 4 is 11.9 Å². The molecule has 0 aliphatic rings. The van der Waals surface area contributed by atoms with Crippen molar-refractivity contribution in [2.75, 3.05) is 13.2 Å². The van der Waals surface area contributed by atoms with E-state index in [2.05, 4.69) is 43.5 Å². The second-order valence-corrected chi connectivity index (χ2v) is 22.8. The van der Waals surface area contributed by atoms with E-state index in [1.807, 2.05) is 0 Å². The number of ether oxygens (including phenoxy) is 1. The van der Waals surface area contributed by atoms with Crippen LogP contribution in [0.4, 0.5) is 0 Å². The van der Waals surface area contributed by atoms with Crippen molar-refractivity contribution in [1.29, 1.82) is 0 Å².